The molecule has 2 amide bonds. The van der Waals surface area contributed by atoms with E-state index >= 15 is 0 Å². The molecule has 7 heteroatoms. The Bertz CT molecular complexity index is 1310. The Morgan fingerprint density at radius 1 is 1.03 bits per heavy atom. The lowest BCUT2D eigenvalue weighted by Crippen LogP contribution is -2.52. The van der Waals surface area contributed by atoms with Gasteiger partial charge in [-0.3, -0.25) is 4.79 Å². The Labute approximate surface area is 217 Å². The number of amides is 2. The van der Waals surface area contributed by atoms with E-state index in [1.54, 1.807) is 11.8 Å². The van der Waals surface area contributed by atoms with Crippen molar-refractivity contribution in [3.63, 3.8) is 0 Å². The lowest BCUT2D eigenvalue weighted by molar-refractivity contribution is -0.116. The number of alkyl carbamates (subject to hydrolysis) is 1. The summed E-state index contributed by atoms with van der Waals surface area (Å²) in [6.07, 6.45) is 2.39. The number of nitrogens with zero attached hydrogens (tertiary/aromatic N) is 2. The van der Waals surface area contributed by atoms with Crippen LogP contribution < -0.4 is 15.0 Å². The third kappa shape index (κ3) is 5.03. The van der Waals surface area contributed by atoms with Gasteiger partial charge in [-0.15, -0.1) is 0 Å². The van der Waals surface area contributed by atoms with Crippen LogP contribution in [0.5, 0.6) is 5.88 Å². The molecular formula is C30H33N3O4. The molecule has 0 atom stereocenters. The second kappa shape index (κ2) is 9.54. The fraction of sp³-hybridized carbons (Fsp3) is 0.367. The molecule has 0 spiro atoms. The van der Waals surface area contributed by atoms with Gasteiger partial charge in [-0.05, 0) is 57.2 Å². The van der Waals surface area contributed by atoms with E-state index in [4.69, 9.17) is 14.5 Å². The molecule has 7 nitrogen and oxygen atoms in total. The number of carbonyl (C=O) groups excluding carboxylic acids is 2. The molecule has 1 aromatic heterocycles. The van der Waals surface area contributed by atoms with Crippen LogP contribution in [0, 0.1) is 0 Å². The Hall–Kier alpha value is -3.87. The molecule has 2 aromatic carbocycles. The maximum absolute atomic E-state index is 12.6. The van der Waals surface area contributed by atoms with E-state index in [9.17, 15) is 9.59 Å². The topological polar surface area (TPSA) is 80.8 Å². The van der Waals surface area contributed by atoms with Gasteiger partial charge in [0, 0.05) is 18.1 Å². The smallest absolute Gasteiger partial charge is 0.408 e. The molecule has 1 saturated carbocycles. The summed E-state index contributed by atoms with van der Waals surface area (Å²) in [5.41, 5.74) is 4.41. The average Bonchev–Trinajstić information content (AvgIpc) is 2.84. The average molecular weight is 500 g/mol. The molecule has 1 fully saturated rings. The van der Waals surface area contributed by atoms with Crippen LogP contribution in [-0.4, -0.2) is 35.7 Å². The molecule has 2 heterocycles. The normalized spacial score (nSPS) is 16.2. The van der Waals surface area contributed by atoms with Gasteiger partial charge in [0.25, 0.3) is 0 Å². The highest BCUT2D eigenvalue weighted by molar-refractivity contribution is 5.95. The van der Waals surface area contributed by atoms with Crippen molar-refractivity contribution < 1.29 is 19.1 Å². The van der Waals surface area contributed by atoms with Crippen LogP contribution in [0.4, 0.5) is 10.5 Å². The first kappa shape index (κ1) is 24.8. The fourth-order valence-corrected chi connectivity index (χ4v) is 4.99. The van der Waals surface area contributed by atoms with Crippen molar-refractivity contribution in [2.75, 3.05) is 18.1 Å². The monoisotopic (exact) mass is 499 g/mol. The lowest BCUT2D eigenvalue weighted by atomic mass is 9.71. The van der Waals surface area contributed by atoms with Crippen molar-refractivity contribution in [2.45, 2.75) is 58.1 Å². The van der Waals surface area contributed by atoms with Gasteiger partial charge < -0.3 is 19.7 Å². The zero-order chi connectivity index (χ0) is 26.2. The second-order valence-electron chi connectivity index (χ2n) is 10.7. The number of hydrogen-bond acceptors (Lipinski definition) is 5. The van der Waals surface area contributed by atoms with Crippen LogP contribution in [0.2, 0.25) is 0 Å². The molecule has 0 saturated heterocycles. The van der Waals surface area contributed by atoms with Crippen LogP contribution in [0.3, 0.4) is 0 Å². The number of nitrogens with one attached hydrogen (secondary N) is 1. The van der Waals surface area contributed by atoms with Crippen LogP contribution in [-0.2, 0) is 15.1 Å². The van der Waals surface area contributed by atoms with Gasteiger partial charge >= 0.3 is 6.09 Å². The molecule has 2 aliphatic rings. The maximum Gasteiger partial charge on any atom is 0.408 e. The van der Waals surface area contributed by atoms with Crippen LogP contribution in [0.15, 0.2) is 60.7 Å². The first-order valence-corrected chi connectivity index (χ1v) is 12.8. The minimum atomic E-state index is -0.551. The van der Waals surface area contributed by atoms with E-state index in [0.717, 1.165) is 47.2 Å². The Balaban J connectivity index is 1.52. The molecule has 192 valence electrons. The summed E-state index contributed by atoms with van der Waals surface area (Å²) in [4.78, 5) is 31.5. The summed E-state index contributed by atoms with van der Waals surface area (Å²) in [6, 6.07) is 20.2. The van der Waals surface area contributed by atoms with Crippen molar-refractivity contribution in [1.29, 1.82) is 0 Å². The van der Waals surface area contributed by atoms with Crippen LogP contribution in [0.25, 0.3) is 22.4 Å². The predicted molar refractivity (Wildman–Crippen MR) is 144 cm³/mol. The van der Waals surface area contributed by atoms with Gasteiger partial charge in [-0.25, -0.2) is 9.78 Å². The van der Waals surface area contributed by atoms with E-state index in [1.165, 1.54) is 0 Å². The third-order valence-corrected chi connectivity index (χ3v) is 6.94. The van der Waals surface area contributed by atoms with E-state index < -0.39 is 17.2 Å². The SMILES string of the molecule is CC(=O)N1CCOc2nc(-c3ccc(C4(NC(=O)OC(C)(C)C)CCC4)cc3)c(-c3ccccc3)cc21. The fourth-order valence-electron chi connectivity index (χ4n) is 4.99. The number of pyridine rings is 1. The quantitative estimate of drug-likeness (QED) is 0.472. The summed E-state index contributed by atoms with van der Waals surface area (Å²) in [7, 11) is 0. The Morgan fingerprint density at radius 3 is 2.32 bits per heavy atom. The minimum absolute atomic E-state index is 0.0363. The summed E-state index contributed by atoms with van der Waals surface area (Å²) in [5.74, 6) is 0.424. The number of ether oxygens (including phenoxy) is 2. The molecule has 0 radical (unpaired) electrons. The number of hydrogen-bond donors (Lipinski definition) is 1. The molecule has 1 aliphatic carbocycles. The van der Waals surface area contributed by atoms with E-state index in [0.29, 0.717) is 24.7 Å². The molecule has 37 heavy (non-hydrogen) atoms. The molecule has 5 rings (SSSR count). The third-order valence-electron chi connectivity index (χ3n) is 6.94. The Morgan fingerprint density at radius 2 is 1.73 bits per heavy atom. The number of benzene rings is 2. The minimum Gasteiger partial charge on any atom is -0.474 e. The molecule has 1 aliphatic heterocycles. The highest BCUT2D eigenvalue weighted by Gasteiger charge is 2.41. The standard InChI is InChI=1S/C30H33N3O4/c1-20(34)33-17-18-36-27-25(33)19-24(21-9-6-5-7-10-21)26(31-27)22-11-13-23(14-12-22)30(15-8-16-30)32-28(35)37-29(2,3)4/h5-7,9-14,19H,8,15-18H2,1-4H3,(H,32,35). The van der Waals surface area contributed by atoms with Crippen molar-refractivity contribution >= 4 is 17.7 Å². The highest BCUT2D eigenvalue weighted by Crippen LogP contribution is 2.43. The van der Waals surface area contributed by atoms with Gasteiger partial charge in [0.15, 0.2) is 0 Å². The summed E-state index contributed by atoms with van der Waals surface area (Å²) in [5, 5.41) is 3.12. The lowest BCUT2D eigenvalue weighted by Gasteiger charge is -2.43. The van der Waals surface area contributed by atoms with Crippen molar-refractivity contribution in [3.8, 4) is 28.3 Å². The van der Waals surface area contributed by atoms with Crippen molar-refractivity contribution in [1.82, 2.24) is 10.3 Å². The van der Waals surface area contributed by atoms with Gasteiger partial charge in [0.2, 0.25) is 11.8 Å². The number of aromatic nitrogens is 1. The van der Waals surface area contributed by atoms with Crippen LogP contribution in [0.1, 0.15) is 52.5 Å². The number of rotatable bonds is 4. The predicted octanol–water partition coefficient (Wildman–Crippen LogP) is 6.06. The number of anilines is 1. The highest BCUT2D eigenvalue weighted by atomic mass is 16.6. The molecule has 0 bridgehead atoms. The van der Waals surface area contributed by atoms with Crippen molar-refractivity contribution in [3.05, 3.63) is 66.2 Å². The molecular weight excluding hydrogens is 466 g/mol. The number of carbonyl (C=O) groups is 2. The first-order chi connectivity index (χ1) is 17.7. The van der Waals surface area contributed by atoms with Crippen LogP contribution >= 0.6 is 0 Å². The van der Waals surface area contributed by atoms with E-state index in [-0.39, 0.29) is 5.91 Å². The molecule has 1 N–H and O–H groups in total. The zero-order valence-electron chi connectivity index (χ0n) is 21.8. The van der Waals surface area contributed by atoms with Gasteiger partial charge in [0.05, 0.1) is 17.8 Å². The summed E-state index contributed by atoms with van der Waals surface area (Å²) >= 11 is 0. The Kier molecular flexibility index (Phi) is 6.40. The van der Waals surface area contributed by atoms with Gasteiger partial charge in [-0.2, -0.15) is 0 Å². The first-order valence-electron chi connectivity index (χ1n) is 12.8. The number of fused-ring (bicyclic) bond motifs is 1. The maximum atomic E-state index is 12.6. The van der Waals surface area contributed by atoms with E-state index in [1.807, 2.05) is 69.3 Å². The zero-order valence-corrected chi connectivity index (χ0v) is 21.8. The largest absolute Gasteiger partial charge is 0.474 e. The second-order valence-corrected chi connectivity index (χ2v) is 10.7. The summed E-state index contributed by atoms with van der Waals surface area (Å²) < 4.78 is 11.4. The van der Waals surface area contributed by atoms with Crippen molar-refractivity contribution in [2.24, 2.45) is 0 Å². The molecule has 3 aromatic rings. The molecule has 0 unspecified atom stereocenters. The van der Waals surface area contributed by atoms with Gasteiger partial charge in [0.1, 0.15) is 17.9 Å². The summed E-state index contributed by atoms with van der Waals surface area (Å²) in [6.45, 7) is 8.06. The van der Waals surface area contributed by atoms with E-state index in [2.05, 4.69) is 17.4 Å². The van der Waals surface area contributed by atoms with Gasteiger partial charge in [-0.1, -0.05) is 54.6 Å².